The molecule has 0 aromatic carbocycles. The number of rotatable bonds is 6. The smallest absolute Gasteiger partial charge is 0.334 e. The molecule has 0 radical (unpaired) electrons. The van der Waals surface area contributed by atoms with Crippen molar-refractivity contribution in [3.05, 3.63) is 41.9 Å². The molecule has 0 unspecified atom stereocenters. The number of aromatic nitrogens is 3. The lowest BCUT2D eigenvalue weighted by Gasteiger charge is -2.30. The first kappa shape index (κ1) is 22.8. The van der Waals surface area contributed by atoms with Gasteiger partial charge in [0, 0.05) is 29.2 Å². The van der Waals surface area contributed by atoms with Crippen molar-refractivity contribution in [1.29, 1.82) is 5.26 Å². The summed E-state index contributed by atoms with van der Waals surface area (Å²) in [6, 6.07) is 4.84. The maximum atomic E-state index is 12.8. The molecule has 0 saturated heterocycles. The van der Waals surface area contributed by atoms with Crippen molar-refractivity contribution in [1.82, 2.24) is 19.3 Å². The van der Waals surface area contributed by atoms with E-state index < -0.39 is 22.2 Å². The highest BCUT2D eigenvalue weighted by molar-refractivity contribution is 7.89. The van der Waals surface area contributed by atoms with Gasteiger partial charge in [-0.25, -0.2) is 8.42 Å². The Hall–Kier alpha value is -2.97. The maximum absolute atomic E-state index is 12.8. The third-order valence-corrected chi connectivity index (χ3v) is 8.10. The van der Waals surface area contributed by atoms with Crippen LogP contribution < -0.4 is 4.72 Å². The molecule has 3 heterocycles. The minimum atomic E-state index is -4.71. The molecular weight excluding hydrogens is 467 g/mol. The molecule has 11 heteroatoms. The Bertz CT molecular complexity index is 1400. The first-order chi connectivity index (χ1) is 16.1. The molecule has 5 rings (SSSR count). The topological polar surface area (TPSA) is 101 Å². The first-order valence-electron chi connectivity index (χ1n) is 11.1. The summed E-state index contributed by atoms with van der Waals surface area (Å²) in [6.07, 6.45) is 3.22. The standard InChI is InChI=1S/C23H22F3N5O2S/c1-13(23(24,25)26)30-34(32,33)16-7-8-19(28-11-16)22-18(10-27)17-9-20(14-5-6-14)29-12-21(17)31(22)15-3-2-4-15/h7-9,11-15,30H,2-6H2,1H3/t13-/m0/s1. The summed E-state index contributed by atoms with van der Waals surface area (Å²) in [5.41, 5.74) is 3.20. The fourth-order valence-corrected chi connectivity index (χ4v) is 5.44. The molecule has 0 bridgehead atoms. The van der Waals surface area contributed by atoms with E-state index in [2.05, 4.69) is 20.6 Å². The monoisotopic (exact) mass is 489 g/mol. The molecule has 1 atom stereocenters. The second-order valence-corrected chi connectivity index (χ2v) is 10.7. The van der Waals surface area contributed by atoms with Crippen LogP contribution >= 0.6 is 0 Å². The van der Waals surface area contributed by atoms with Gasteiger partial charge >= 0.3 is 6.18 Å². The fraction of sp³-hybridized carbons (Fsp3) is 0.435. The zero-order chi connectivity index (χ0) is 24.3. The van der Waals surface area contributed by atoms with Gasteiger partial charge in [0.05, 0.1) is 28.7 Å². The second-order valence-electron chi connectivity index (χ2n) is 8.95. The van der Waals surface area contributed by atoms with Gasteiger partial charge in [-0.15, -0.1) is 0 Å². The zero-order valence-electron chi connectivity index (χ0n) is 18.3. The minimum Gasteiger partial charge on any atom is -0.334 e. The van der Waals surface area contributed by atoms with Crippen LogP contribution in [0.2, 0.25) is 0 Å². The van der Waals surface area contributed by atoms with Crippen molar-refractivity contribution in [2.24, 2.45) is 0 Å². The number of sulfonamides is 1. The molecule has 3 aromatic heterocycles. The van der Waals surface area contributed by atoms with Gasteiger partial charge in [-0.1, -0.05) is 0 Å². The molecule has 0 amide bonds. The summed E-state index contributed by atoms with van der Waals surface area (Å²) >= 11 is 0. The molecule has 7 nitrogen and oxygen atoms in total. The Kier molecular flexibility index (Phi) is 5.41. The van der Waals surface area contributed by atoms with Gasteiger partial charge in [0.1, 0.15) is 17.0 Å². The summed E-state index contributed by atoms with van der Waals surface area (Å²) in [5.74, 6) is 0.417. The van der Waals surface area contributed by atoms with Gasteiger partial charge in [0.15, 0.2) is 0 Å². The molecule has 3 aromatic rings. The highest BCUT2D eigenvalue weighted by Gasteiger charge is 2.39. The summed E-state index contributed by atoms with van der Waals surface area (Å²) in [7, 11) is -4.42. The number of halogens is 3. The molecule has 34 heavy (non-hydrogen) atoms. The normalized spacial score (nSPS) is 18.0. The average molecular weight is 490 g/mol. The molecule has 2 aliphatic rings. The summed E-state index contributed by atoms with van der Waals surface area (Å²) in [5, 5.41) is 10.8. The minimum absolute atomic E-state index is 0.174. The number of alkyl halides is 3. The van der Waals surface area contributed by atoms with Crippen LogP contribution in [0, 0.1) is 11.3 Å². The van der Waals surface area contributed by atoms with Crippen LogP contribution in [0.25, 0.3) is 22.3 Å². The number of pyridine rings is 2. The maximum Gasteiger partial charge on any atom is 0.404 e. The van der Waals surface area contributed by atoms with E-state index in [0.717, 1.165) is 61.8 Å². The predicted octanol–water partition coefficient (Wildman–Crippen LogP) is 4.80. The van der Waals surface area contributed by atoms with Gasteiger partial charge in [0.25, 0.3) is 0 Å². The van der Waals surface area contributed by atoms with Crippen LogP contribution in [0.15, 0.2) is 35.5 Å². The van der Waals surface area contributed by atoms with E-state index in [1.54, 1.807) is 10.9 Å². The molecule has 1 N–H and O–H groups in total. The Balaban J connectivity index is 1.58. The van der Waals surface area contributed by atoms with Gasteiger partial charge in [-0.3, -0.25) is 9.97 Å². The van der Waals surface area contributed by atoms with Crippen LogP contribution in [-0.2, 0) is 10.0 Å². The first-order valence-corrected chi connectivity index (χ1v) is 12.6. The fourth-order valence-electron chi connectivity index (χ4n) is 4.26. The van der Waals surface area contributed by atoms with E-state index in [4.69, 9.17) is 0 Å². The van der Waals surface area contributed by atoms with E-state index in [9.17, 15) is 26.9 Å². The average Bonchev–Trinajstić information content (AvgIpc) is 3.55. The molecule has 178 valence electrons. The number of nitriles is 1. The van der Waals surface area contributed by atoms with Gasteiger partial charge in [0.2, 0.25) is 10.0 Å². The van der Waals surface area contributed by atoms with Crippen molar-refractivity contribution in [3.63, 3.8) is 0 Å². The lowest BCUT2D eigenvalue weighted by atomic mass is 9.92. The van der Waals surface area contributed by atoms with Crippen LogP contribution in [0.5, 0.6) is 0 Å². The molecule has 0 spiro atoms. The van der Waals surface area contributed by atoms with Crippen LogP contribution in [0.4, 0.5) is 13.2 Å². The number of nitrogens with one attached hydrogen (secondary N) is 1. The third-order valence-electron chi connectivity index (χ3n) is 6.57. The van der Waals surface area contributed by atoms with Gasteiger partial charge in [-0.05, 0) is 57.2 Å². The van der Waals surface area contributed by atoms with Crippen molar-refractivity contribution in [2.75, 3.05) is 0 Å². The lowest BCUT2D eigenvalue weighted by molar-refractivity contribution is -0.147. The molecule has 0 aliphatic heterocycles. The zero-order valence-corrected chi connectivity index (χ0v) is 19.1. The largest absolute Gasteiger partial charge is 0.404 e. The number of fused-ring (bicyclic) bond motifs is 1. The van der Waals surface area contributed by atoms with Crippen molar-refractivity contribution in [3.8, 4) is 17.5 Å². The molecular formula is C23H22F3N5O2S. The quantitative estimate of drug-likeness (QED) is 0.536. The Labute approximate surface area is 194 Å². The molecule has 2 saturated carbocycles. The highest BCUT2D eigenvalue weighted by Crippen LogP contribution is 2.44. The second kappa shape index (κ2) is 8.06. The SMILES string of the molecule is C[C@H](NS(=O)(=O)c1ccc(-c2c(C#N)c3cc(C4CC4)ncc3n2C2CCC2)nc1)C(F)(F)F. The molecule has 2 fully saturated rings. The summed E-state index contributed by atoms with van der Waals surface area (Å²) in [4.78, 5) is 8.50. The van der Waals surface area contributed by atoms with Crippen molar-refractivity contribution in [2.45, 2.75) is 68.1 Å². The summed E-state index contributed by atoms with van der Waals surface area (Å²) in [6.45, 7) is 0.736. The van der Waals surface area contributed by atoms with E-state index >= 15 is 0 Å². The third kappa shape index (κ3) is 3.95. The van der Waals surface area contributed by atoms with Crippen LogP contribution in [0.3, 0.4) is 0 Å². The van der Waals surface area contributed by atoms with Crippen molar-refractivity contribution >= 4 is 20.9 Å². The lowest BCUT2D eigenvalue weighted by Crippen LogP contribution is -2.42. The predicted molar refractivity (Wildman–Crippen MR) is 118 cm³/mol. The number of hydrogen-bond acceptors (Lipinski definition) is 5. The van der Waals surface area contributed by atoms with Gasteiger partial charge < -0.3 is 4.57 Å². The number of nitrogens with zero attached hydrogens (tertiary/aromatic N) is 4. The summed E-state index contributed by atoms with van der Waals surface area (Å²) < 4.78 is 67.0. The van der Waals surface area contributed by atoms with Crippen LogP contribution in [-0.4, -0.2) is 35.2 Å². The Morgan fingerprint density at radius 3 is 2.44 bits per heavy atom. The van der Waals surface area contributed by atoms with E-state index in [0.29, 0.717) is 22.9 Å². The molecule has 2 aliphatic carbocycles. The van der Waals surface area contributed by atoms with Gasteiger partial charge in [-0.2, -0.15) is 23.2 Å². The van der Waals surface area contributed by atoms with E-state index in [1.165, 1.54) is 12.1 Å². The van der Waals surface area contributed by atoms with E-state index in [-0.39, 0.29) is 10.9 Å². The van der Waals surface area contributed by atoms with Crippen molar-refractivity contribution < 1.29 is 21.6 Å². The Morgan fingerprint density at radius 2 is 1.91 bits per heavy atom. The van der Waals surface area contributed by atoms with Crippen LogP contribution in [0.1, 0.15) is 62.2 Å². The highest BCUT2D eigenvalue weighted by atomic mass is 32.2. The Morgan fingerprint density at radius 1 is 1.18 bits per heavy atom. The number of hydrogen-bond donors (Lipinski definition) is 1. The van der Waals surface area contributed by atoms with E-state index in [1.807, 2.05) is 6.07 Å².